The van der Waals surface area contributed by atoms with E-state index in [2.05, 4.69) is 28.8 Å². The van der Waals surface area contributed by atoms with E-state index in [1.54, 1.807) is 18.2 Å². The standard InChI is InChI=1S/C26H28N4O3/c27-22(14-17-6-5-16-3-1-2-4-21(16)17)26(33)30-11-9-20(10-12-30)28-25(32)18-7-8-23-19(13-18)15-24(31)29-23/h1-4,6-8,13,20,22H,5,9-12,14-15,27H2,(H,28,32)(H,29,31)/t22-/m0/s1. The third kappa shape index (κ3) is 4.41. The van der Waals surface area contributed by atoms with E-state index in [0.717, 1.165) is 23.2 Å². The lowest BCUT2D eigenvalue weighted by molar-refractivity contribution is -0.133. The Morgan fingerprint density at radius 1 is 1.12 bits per heavy atom. The van der Waals surface area contributed by atoms with E-state index in [1.165, 1.54) is 11.1 Å². The topological polar surface area (TPSA) is 105 Å². The molecule has 5 rings (SSSR count). The normalized spacial score (nSPS) is 18.3. The Morgan fingerprint density at radius 2 is 1.91 bits per heavy atom. The molecule has 33 heavy (non-hydrogen) atoms. The number of fused-ring (bicyclic) bond motifs is 2. The van der Waals surface area contributed by atoms with E-state index >= 15 is 0 Å². The third-order valence-corrected chi connectivity index (χ3v) is 6.82. The quantitative estimate of drug-likeness (QED) is 0.658. The van der Waals surface area contributed by atoms with Gasteiger partial charge in [0, 0.05) is 30.4 Å². The monoisotopic (exact) mass is 444 g/mol. The maximum absolute atomic E-state index is 12.9. The molecule has 2 aromatic carbocycles. The fraction of sp³-hybridized carbons (Fsp3) is 0.346. The van der Waals surface area contributed by atoms with Crippen molar-refractivity contribution >= 4 is 29.0 Å². The molecule has 1 aliphatic carbocycles. The van der Waals surface area contributed by atoms with Crippen LogP contribution in [0.4, 0.5) is 5.69 Å². The Labute approximate surface area is 193 Å². The van der Waals surface area contributed by atoms with Crippen LogP contribution in [0.25, 0.3) is 5.57 Å². The minimum absolute atomic E-state index is 0.00945. The molecule has 1 atom stereocenters. The van der Waals surface area contributed by atoms with E-state index < -0.39 is 6.04 Å². The van der Waals surface area contributed by atoms with Crippen molar-refractivity contribution in [3.63, 3.8) is 0 Å². The highest BCUT2D eigenvalue weighted by Crippen LogP contribution is 2.30. The first-order chi connectivity index (χ1) is 16.0. The number of hydrogen-bond donors (Lipinski definition) is 3. The molecule has 1 saturated heterocycles. The summed E-state index contributed by atoms with van der Waals surface area (Å²) >= 11 is 0. The van der Waals surface area contributed by atoms with Gasteiger partial charge in [0.25, 0.3) is 5.91 Å². The van der Waals surface area contributed by atoms with Gasteiger partial charge in [-0.05, 0) is 66.1 Å². The second kappa shape index (κ2) is 8.83. The summed E-state index contributed by atoms with van der Waals surface area (Å²) in [5, 5.41) is 5.85. The second-order valence-electron chi connectivity index (χ2n) is 9.07. The van der Waals surface area contributed by atoms with E-state index in [-0.39, 0.29) is 23.8 Å². The molecule has 0 spiro atoms. The molecule has 1 fully saturated rings. The molecule has 0 bridgehead atoms. The predicted octanol–water partition coefficient (Wildman–Crippen LogP) is 2.26. The molecule has 0 radical (unpaired) electrons. The van der Waals surface area contributed by atoms with Gasteiger partial charge in [-0.25, -0.2) is 0 Å². The Bertz CT molecular complexity index is 1150. The Hall–Kier alpha value is -3.45. The van der Waals surface area contributed by atoms with Gasteiger partial charge in [0.15, 0.2) is 0 Å². The lowest BCUT2D eigenvalue weighted by Gasteiger charge is -2.34. The molecule has 0 unspecified atom stereocenters. The number of carbonyl (C=O) groups is 3. The summed E-state index contributed by atoms with van der Waals surface area (Å²) < 4.78 is 0. The average Bonchev–Trinajstić information content (AvgIpc) is 3.41. The fourth-order valence-electron chi connectivity index (χ4n) is 4.99. The molecule has 4 N–H and O–H groups in total. The number of nitrogens with two attached hydrogens (primary N) is 1. The lowest BCUT2D eigenvalue weighted by Crippen LogP contribution is -2.51. The van der Waals surface area contributed by atoms with Crippen LogP contribution >= 0.6 is 0 Å². The van der Waals surface area contributed by atoms with Gasteiger partial charge in [0.05, 0.1) is 12.5 Å². The third-order valence-electron chi connectivity index (χ3n) is 6.82. The van der Waals surface area contributed by atoms with Crippen molar-refractivity contribution in [3.05, 3.63) is 70.8 Å². The van der Waals surface area contributed by atoms with Gasteiger partial charge in [-0.3, -0.25) is 14.4 Å². The van der Waals surface area contributed by atoms with Crippen LogP contribution in [0.5, 0.6) is 0 Å². The van der Waals surface area contributed by atoms with Crippen molar-refractivity contribution in [2.75, 3.05) is 18.4 Å². The molecule has 2 heterocycles. The molecule has 3 amide bonds. The number of piperidine rings is 1. The van der Waals surface area contributed by atoms with Crippen molar-refractivity contribution < 1.29 is 14.4 Å². The van der Waals surface area contributed by atoms with Gasteiger partial charge >= 0.3 is 0 Å². The number of benzene rings is 2. The van der Waals surface area contributed by atoms with Gasteiger partial charge in [-0.15, -0.1) is 0 Å². The highest BCUT2D eigenvalue weighted by atomic mass is 16.2. The second-order valence-corrected chi connectivity index (χ2v) is 9.07. The van der Waals surface area contributed by atoms with Crippen LogP contribution in [0.3, 0.4) is 0 Å². The van der Waals surface area contributed by atoms with E-state index in [9.17, 15) is 14.4 Å². The molecule has 3 aliphatic rings. The van der Waals surface area contributed by atoms with Crippen molar-refractivity contribution in [1.82, 2.24) is 10.2 Å². The Kier molecular flexibility index (Phi) is 5.72. The molecule has 170 valence electrons. The summed E-state index contributed by atoms with van der Waals surface area (Å²) in [6, 6.07) is 13.0. The smallest absolute Gasteiger partial charge is 0.251 e. The molecule has 7 nitrogen and oxygen atoms in total. The van der Waals surface area contributed by atoms with Crippen LogP contribution in [0.15, 0.2) is 48.5 Å². The number of nitrogens with zero attached hydrogens (tertiary/aromatic N) is 1. The van der Waals surface area contributed by atoms with Gasteiger partial charge in [0.1, 0.15) is 0 Å². The zero-order valence-corrected chi connectivity index (χ0v) is 18.5. The van der Waals surface area contributed by atoms with Crippen LogP contribution in [0, 0.1) is 0 Å². The summed E-state index contributed by atoms with van der Waals surface area (Å²) in [6.07, 6.45) is 5.31. The summed E-state index contributed by atoms with van der Waals surface area (Å²) in [7, 11) is 0. The van der Waals surface area contributed by atoms with Gasteiger partial charge in [-0.2, -0.15) is 0 Å². The number of hydrogen-bond acceptors (Lipinski definition) is 4. The van der Waals surface area contributed by atoms with Crippen molar-refractivity contribution in [3.8, 4) is 0 Å². The Balaban J connectivity index is 1.12. The number of anilines is 1. The van der Waals surface area contributed by atoms with Crippen molar-refractivity contribution in [1.29, 1.82) is 0 Å². The summed E-state index contributed by atoms with van der Waals surface area (Å²) in [4.78, 5) is 39.0. The molecular weight excluding hydrogens is 416 g/mol. The van der Waals surface area contributed by atoms with Gasteiger partial charge in [-0.1, -0.05) is 30.3 Å². The van der Waals surface area contributed by atoms with Gasteiger partial charge < -0.3 is 21.3 Å². The number of carbonyl (C=O) groups excluding carboxylic acids is 3. The number of amides is 3. The zero-order chi connectivity index (χ0) is 22.9. The first-order valence-electron chi connectivity index (χ1n) is 11.5. The molecule has 7 heteroatoms. The number of likely N-dealkylation sites (tertiary alicyclic amines) is 1. The molecule has 2 aromatic rings. The van der Waals surface area contributed by atoms with Crippen LogP contribution in [0.2, 0.25) is 0 Å². The number of allylic oxidation sites excluding steroid dienone is 1. The minimum Gasteiger partial charge on any atom is -0.349 e. The van der Waals surface area contributed by atoms with Crippen molar-refractivity contribution in [2.24, 2.45) is 5.73 Å². The SMILES string of the molecule is N[C@@H](CC1=CCc2ccccc21)C(=O)N1CCC(NC(=O)c2ccc3c(c2)CC(=O)N3)CC1. The van der Waals surface area contributed by atoms with Crippen LogP contribution in [-0.2, 0) is 22.4 Å². The highest BCUT2D eigenvalue weighted by Gasteiger charge is 2.29. The number of nitrogens with one attached hydrogen (secondary N) is 2. The Morgan fingerprint density at radius 3 is 2.73 bits per heavy atom. The first kappa shape index (κ1) is 21.4. The molecular formula is C26H28N4O3. The average molecular weight is 445 g/mol. The maximum atomic E-state index is 12.9. The number of rotatable bonds is 5. The van der Waals surface area contributed by atoms with E-state index in [1.807, 2.05) is 17.0 Å². The first-order valence-corrected chi connectivity index (χ1v) is 11.5. The van der Waals surface area contributed by atoms with E-state index in [0.29, 0.717) is 44.3 Å². The van der Waals surface area contributed by atoms with Crippen molar-refractivity contribution in [2.45, 2.75) is 44.2 Å². The summed E-state index contributed by atoms with van der Waals surface area (Å²) in [6.45, 7) is 1.16. The van der Waals surface area contributed by atoms with Crippen LogP contribution in [-0.4, -0.2) is 47.8 Å². The maximum Gasteiger partial charge on any atom is 0.251 e. The predicted molar refractivity (Wildman–Crippen MR) is 127 cm³/mol. The molecule has 0 saturated carbocycles. The van der Waals surface area contributed by atoms with Gasteiger partial charge in [0.2, 0.25) is 11.8 Å². The summed E-state index contributed by atoms with van der Waals surface area (Å²) in [5.41, 5.74) is 12.1. The minimum atomic E-state index is -0.559. The summed E-state index contributed by atoms with van der Waals surface area (Å²) in [5.74, 6) is -0.224. The molecule has 0 aromatic heterocycles. The lowest BCUT2D eigenvalue weighted by atomic mass is 9.98. The fourth-order valence-corrected chi connectivity index (χ4v) is 4.99. The highest BCUT2D eigenvalue weighted by molar-refractivity contribution is 6.01. The molecule has 2 aliphatic heterocycles. The zero-order valence-electron chi connectivity index (χ0n) is 18.5. The van der Waals surface area contributed by atoms with Crippen LogP contribution < -0.4 is 16.4 Å². The van der Waals surface area contributed by atoms with E-state index in [4.69, 9.17) is 5.73 Å². The largest absolute Gasteiger partial charge is 0.349 e. The van der Waals surface area contributed by atoms with Crippen LogP contribution in [0.1, 0.15) is 46.3 Å².